The minimum Gasteiger partial charge on any atom is -0.493 e. The Balaban J connectivity index is 1.55. The molecule has 4 aromatic rings. The molecule has 1 aliphatic rings. The fourth-order valence-corrected chi connectivity index (χ4v) is 4.38. The molecule has 1 aliphatic heterocycles. The normalized spacial score (nSPS) is 15.1. The molecule has 0 saturated carbocycles. The van der Waals surface area contributed by atoms with Gasteiger partial charge in [0.05, 0.1) is 25.8 Å². The lowest BCUT2D eigenvalue weighted by Gasteiger charge is -2.38. The van der Waals surface area contributed by atoms with E-state index in [-0.39, 0.29) is 11.9 Å². The third-order valence-corrected chi connectivity index (χ3v) is 5.98. The van der Waals surface area contributed by atoms with Crippen LogP contribution in [0.2, 0.25) is 0 Å². The molecule has 3 heterocycles. The summed E-state index contributed by atoms with van der Waals surface area (Å²) in [6.07, 6.45) is 5.85. The Morgan fingerprint density at radius 1 is 1.00 bits per heavy atom. The topological polar surface area (TPSA) is 69.5 Å². The maximum Gasteiger partial charge on any atom is 0.256 e. The largest absolute Gasteiger partial charge is 0.493 e. The van der Waals surface area contributed by atoms with Crippen molar-refractivity contribution in [2.24, 2.45) is 0 Å². The van der Waals surface area contributed by atoms with E-state index >= 15 is 0 Å². The number of hydrogen-bond donors (Lipinski definition) is 0. The Hall–Kier alpha value is -4.13. The number of benzene rings is 2. The van der Waals surface area contributed by atoms with Gasteiger partial charge in [0.15, 0.2) is 17.3 Å². The molecule has 0 radical (unpaired) electrons. The number of fused-ring (bicyclic) bond motifs is 1. The molecule has 2 aromatic heterocycles. The summed E-state index contributed by atoms with van der Waals surface area (Å²) in [4.78, 5) is 20.0. The molecule has 0 aliphatic carbocycles. The first-order valence-corrected chi connectivity index (χ1v) is 10.8. The Morgan fingerprint density at radius 3 is 2.45 bits per heavy atom. The first-order chi connectivity index (χ1) is 16.2. The number of pyridine rings is 1. The van der Waals surface area contributed by atoms with Crippen molar-refractivity contribution in [2.45, 2.75) is 12.5 Å². The summed E-state index contributed by atoms with van der Waals surface area (Å²) in [5.41, 5.74) is 3.77. The van der Waals surface area contributed by atoms with Crippen LogP contribution >= 0.6 is 0 Å². The third kappa shape index (κ3) is 3.82. The minimum absolute atomic E-state index is 0.0659. The van der Waals surface area contributed by atoms with E-state index in [4.69, 9.17) is 9.47 Å². The monoisotopic (exact) mass is 440 g/mol. The molecule has 7 nitrogen and oxygen atoms in total. The highest BCUT2D eigenvalue weighted by Gasteiger charge is 2.34. The number of hydrogen-bond acceptors (Lipinski definition) is 5. The van der Waals surface area contributed by atoms with Gasteiger partial charge in [-0.05, 0) is 53.4 Å². The van der Waals surface area contributed by atoms with Crippen molar-refractivity contribution in [2.75, 3.05) is 20.8 Å². The van der Waals surface area contributed by atoms with Crippen LogP contribution in [-0.2, 0) is 6.42 Å². The van der Waals surface area contributed by atoms with Gasteiger partial charge in [-0.25, -0.2) is 9.67 Å². The number of carbonyl (C=O) groups excluding carboxylic acids is 1. The standard InChI is InChI=1S/C26H24N4O3/c1-32-22-15-19-11-14-29(25(18-7-4-3-5-8-18)21(19)16-23(22)33-2)26(31)20-9-10-24(27-17-20)30-13-6-12-28-30/h3-10,12-13,15-17,25H,11,14H2,1-2H3. The predicted octanol–water partition coefficient (Wildman–Crippen LogP) is 4.07. The molecule has 7 heteroatoms. The van der Waals surface area contributed by atoms with Crippen molar-refractivity contribution in [1.29, 1.82) is 0 Å². The van der Waals surface area contributed by atoms with Crippen LogP contribution in [0.15, 0.2) is 79.3 Å². The average molecular weight is 441 g/mol. The number of ether oxygens (including phenoxy) is 2. The molecule has 0 saturated heterocycles. The number of carbonyl (C=O) groups is 1. The second-order valence-electron chi connectivity index (χ2n) is 7.82. The zero-order valence-electron chi connectivity index (χ0n) is 18.5. The van der Waals surface area contributed by atoms with Gasteiger partial charge in [-0.3, -0.25) is 4.79 Å². The van der Waals surface area contributed by atoms with E-state index in [1.165, 1.54) is 0 Å². The summed E-state index contributed by atoms with van der Waals surface area (Å²) in [7, 11) is 3.26. The van der Waals surface area contributed by atoms with Gasteiger partial charge in [0.25, 0.3) is 5.91 Å². The SMILES string of the molecule is COc1cc2c(cc1OC)C(c1ccccc1)N(C(=O)c1ccc(-n3cccn3)nc1)CC2. The number of rotatable bonds is 5. The molecular formula is C26H24N4O3. The molecule has 0 fully saturated rings. The van der Waals surface area contributed by atoms with Crippen molar-refractivity contribution in [3.8, 4) is 17.3 Å². The van der Waals surface area contributed by atoms with Gasteiger partial charge in [-0.15, -0.1) is 0 Å². The zero-order valence-corrected chi connectivity index (χ0v) is 18.5. The Morgan fingerprint density at radius 2 is 1.79 bits per heavy atom. The molecule has 1 atom stereocenters. The predicted molar refractivity (Wildman–Crippen MR) is 124 cm³/mol. The quantitative estimate of drug-likeness (QED) is 0.468. The lowest BCUT2D eigenvalue weighted by molar-refractivity contribution is 0.0693. The maximum atomic E-state index is 13.7. The first-order valence-electron chi connectivity index (χ1n) is 10.8. The smallest absolute Gasteiger partial charge is 0.256 e. The van der Waals surface area contributed by atoms with E-state index in [9.17, 15) is 4.79 Å². The van der Waals surface area contributed by atoms with Gasteiger partial charge < -0.3 is 14.4 Å². The second-order valence-corrected chi connectivity index (χ2v) is 7.82. The molecule has 0 bridgehead atoms. The Kier molecular flexibility index (Phi) is 5.52. The molecule has 1 unspecified atom stereocenters. The van der Waals surface area contributed by atoms with Crippen molar-refractivity contribution in [3.05, 3.63) is 102 Å². The summed E-state index contributed by atoms with van der Waals surface area (Å²) in [5.74, 6) is 1.94. The maximum absolute atomic E-state index is 13.7. The number of aromatic nitrogens is 3. The lowest BCUT2D eigenvalue weighted by Crippen LogP contribution is -2.40. The van der Waals surface area contributed by atoms with Crippen LogP contribution in [0, 0.1) is 0 Å². The molecule has 0 N–H and O–H groups in total. The lowest BCUT2D eigenvalue weighted by atomic mass is 9.87. The summed E-state index contributed by atoms with van der Waals surface area (Å²) >= 11 is 0. The van der Waals surface area contributed by atoms with Crippen LogP contribution in [-0.4, -0.2) is 46.3 Å². The van der Waals surface area contributed by atoms with Crippen LogP contribution in [0.3, 0.4) is 0 Å². The summed E-state index contributed by atoms with van der Waals surface area (Å²) in [5, 5.41) is 4.19. The summed E-state index contributed by atoms with van der Waals surface area (Å²) in [6.45, 7) is 0.585. The highest BCUT2D eigenvalue weighted by Crippen LogP contribution is 2.41. The second kappa shape index (κ2) is 8.78. The number of nitrogens with zero attached hydrogens (tertiary/aromatic N) is 4. The van der Waals surface area contributed by atoms with Gasteiger partial charge in [0.2, 0.25) is 0 Å². The van der Waals surface area contributed by atoms with Crippen molar-refractivity contribution in [3.63, 3.8) is 0 Å². The van der Waals surface area contributed by atoms with E-state index in [2.05, 4.69) is 22.2 Å². The van der Waals surface area contributed by atoms with Gasteiger partial charge in [-0.2, -0.15) is 5.10 Å². The van der Waals surface area contributed by atoms with Crippen LogP contribution in [0.4, 0.5) is 0 Å². The first kappa shape index (κ1) is 20.8. The van der Waals surface area contributed by atoms with E-state index in [1.54, 1.807) is 37.4 Å². The van der Waals surface area contributed by atoms with E-state index in [0.29, 0.717) is 29.4 Å². The molecule has 33 heavy (non-hydrogen) atoms. The molecule has 1 amide bonds. The minimum atomic E-state index is -0.243. The molecule has 2 aromatic carbocycles. The number of methoxy groups -OCH3 is 2. The summed E-state index contributed by atoms with van der Waals surface area (Å²) < 4.78 is 12.7. The van der Waals surface area contributed by atoms with Crippen LogP contribution in [0.25, 0.3) is 5.82 Å². The highest BCUT2D eigenvalue weighted by molar-refractivity contribution is 5.94. The fourth-order valence-electron chi connectivity index (χ4n) is 4.38. The zero-order chi connectivity index (χ0) is 22.8. The van der Waals surface area contributed by atoms with Gasteiger partial charge in [-0.1, -0.05) is 30.3 Å². The summed E-state index contributed by atoms with van der Waals surface area (Å²) in [6, 6.07) is 19.3. The third-order valence-electron chi connectivity index (χ3n) is 5.98. The fraction of sp³-hybridized carbons (Fsp3) is 0.192. The van der Waals surface area contributed by atoms with Gasteiger partial charge in [0.1, 0.15) is 0 Å². The van der Waals surface area contributed by atoms with E-state index in [1.807, 2.05) is 53.6 Å². The van der Waals surface area contributed by atoms with Crippen molar-refractivity contribution < 1.29 is 14.3 Å². The molecule has 166 valence electrons. The van der Waals surface area contributed by atoms with Crippen molar-refractivity contribution >= 4 is 5.91 Å². The molecular weight excluding hydrogens is 416 g/mol. The van der Waals surface area contributed by atoms with Crippen LogP contribution < -0.4 is 9.47 Å². The van der Waals surface area contributed by atoms with Crippen molar-refractivity contribution in [1.82, 2.24) is 19.7 Å². The number of amides is 1. The highest BCUT2D eigenvalue weighted by atomic mass is 16.5. The van der Waals surface area contributed by atoms with Crippen LogP contribution in [0.5, 0.6) is 11.5 Å². The van der Waals surface area contributed by atoms with E-state index < -0.39 is 0 Å². The Bertz CT molecular complexity index is 1250. The van der Waals surface area contributed by atoms with Gasteiger partial charge in [0, 0.05) is 25.1 Å². The van der Waals surface area contributed by atoms with Crippen LogP contribution in [0.1, 0.15) is 33.1 Å². The van der Waals surface area contributed by atoms with Gasteiger partial charge >= 0.3 is 0 Å². The molecule has 5 rings (SSSR count). The Labute approximate surface area is 192 Å². The molecule has 0 spiro atoms. The average Bonchev–Trinajstić information content (AvgIpc) is 3.42. The van der Waals surface area contributed by atoms with E-state index in [0.717, 1.165) is 23.1 Å².